The lowest BCUT2D eigenvalue weighted by Crippen LogP contribution is -2.24. The Kier molecular flexibility index (Phi) is 4.79. The van der Waals surface area contributed by atoms with E-state index in [1.165, 1.54) is 4.68 Å². The van der Waals surface area contributed by atoms with Crippen molar-refractivity contribution in [3.05, 3.63) is 70.1 Å². The largest absolute Gasteiger partial charge is 0.355 e. The van der Waals surface area contributed by atoms with Gasteiger partial charge < -0.3 is 10.6 Å². The fourth-order valence-corrected chi connectivity index (χ4v) is 2.71. The molecular weight excluding hydrogens is 332 g/mol. The van der Waals surface area contributed by atoms with E-state index >= 15 is 0 Å². The van der Waals surface area contributed by atoms with Crippen molar-refractivity contribution in [1.29, 1.82) is 0 Å². The Morgan fingerprint density at radius 2 is 1.69 bits per heavy atom. The molecule has 26 heavy (non-hydrogen) atoms. The molecule has 0 unspecified atom stereocenters. The fourth-order valence-electron chi connectivity index (χ4n) is 2.71. The van der Waals surface area contributed by atoms with Gasteiger partial charge in [-0.25, -0.2) is 4.68 Å². The molecule has 3 rings (SSSR count). The van der Waals surface area contributed by atoms with E-state index in [4.69, 9.17) is 0 Å². The van der Waals surface area contributed by atoms with E-state index in [-0.39, 0.29) is 23.8 Å². The van der Waals surface area contributed by atoms with E-state index in [0.717, 1.165) is 0 Å². The summed E-state index contributed by atoms with van der Waals surface area (Å²) in [6.45, 7) is 0. The Morgan fingerprint density at radius 3 is 2.35 bits per heavy atom. The quantitative estimate of drug-likeness (QED) is 0.745. The van der Waals surface area contributed by atoms with Crippen LogP contribution in [-0.4, -0.2) is 28.6 Å². The highest BCUT2D eigenvalue weighted by atomic mass is 16.2. The topological polar surface area (TPSA) is 93.1 Å². The highest BCUT2D eigenvalue weighted by Crippen LogP contribution is 2.15. The molecule has 0 fully saturated rings. The van der Waals surface area contributed by atoms with Gasteiger partial charge in [-0.15, -0.1) is 0 Å². The second-order valence-electron chi connectivity index (χ2n) is 5.80. The van der Waals surface area contributed by atoms with Crippen LogP contribution < -0.4 is 16.2 Å². The van der Waals surface area contributed by atoms with E-state index < -0.39 is 0 Å². The van der Waals surface area contributed by atoms with Gasteiger partial charge in [0, 0.05) is 30.7 Å². The van der Waals surface area contributed by atoms with Crippen molar-refractivity contribution < 1.29 is 9.59 Å². The second kappa shape index (κ2) is 7.18. The maximum atomic E-state index is 12.4. The van der Waals surface area contributed by atoms with Crippen LogP contribution in [0, 0.1) is 0 Å². The number of hydrogen-bond donors (Lipinski definition) is 2. The van der Waals surface area contributed by atoms with Crippen molar-refractivity contribution in [1.82, 2.24) is 15.1 Å². The summed E-state index contributed by atoms with van der Waals surface area (Å²) in [6, 6.07) is 13.7. The van der Waals surface area contributed by atoms with Crippen molar-refractivity contribution in [2.24, 2.45) is 7.05 Å². The molecule has 3 aromatic rings. The summed E-state index contributed by atoms with van der Waals surface area (Å²) in [5.74, 6) is -0.447. The SMILES string of the molecule is CNC(=O)c1ccc(NC(=O)Cc2nn(C)c(=O)c3ccccc23)cc1. The Hall–Kier alpha value is -3.48. The van der Waals surface area contributed by atoms with Crippen LogP contribution in [0.4, 0.5) is 5.69 Å². The molecule has 0 atom stereocenters. The minimum Gasteiger partial charge on any atom is -0.355 e. The van der Waals surface area contributed by atoms with Gasteiger partial charge in [0.1, 0.15) is 0 Å². The number of nitrogens with zero attached hydrogens (tertiary/aromatic N) is 2. The Labute approximate surface area is 149 Å². The highest BCUT2D eigenvalue weighted by molar-refractivity contribution is 5.97. The average molecular weight is 350 g/mol. The Bertz CT molecular complexity index is 1040. The molecule has 2 N–H and O–H groups in total. The van der Waals surface area contributed by atoms with Crippen molar-refractivity contribution in [3.63, 3.8) is 0 Å². The molecule has 0 saturated heterocycles. The fraction of sp³-hybridized carbons (Fsp3) is 0.158. The van der Waals surface area contributed by atoms with Crippen LogP contribution >= 0.6 is 0 Å². The molecule has 7 nitrogen and oxygen atoms in total. The first kappa shape index (κ1) is 17.3. The molecule has 0 aliphatic carbocycles. The van der Waals surface area contributed by atoms with E-state index in [0.29, 0.717) is 27.7 Å². The third-order valence-electron chi connectivity index (χ3n) is 4.02. The molecule has 132 valence electrons. The monoisotopic (exact) mass is 350 g/mol. The van der Waals surface area contributed by atoms with Gasteiger partial charge in [0.05, 0.1) is 17.5 Å². The van der Waals surface area contributed by atoms with Crippen LogP contribution in [-0.2, 0) is 18.3 Å². The summed E-state index contributed by atoms with van der Waals surface area (Å²) in [6.07, 6.45) is 0.0336. The minimum absolute atomic E-state index is 0.0336. The molecule has 0 saturated carbocycles. The number of benzene rings is 2. The van der Waals surface area contributed by atoms with Crippen LogP contribution in [0.2, 0.25) is 0 Å². The van der Waals surface area contributed by atoms with Crippen molar-refractivity contribution in [3.8, 4) is 0 Å². The number of fused-ring (bicyclic) bond motifs is 1. The highest BCUT2D eigenvalue weighted by Gasteiger charge is 2.12. The number of nitrogens with one attached hydrogen (secondary N) is 2. The van der Waals surface area contributed by atoms with E-state index in [9.17, 15) is 14.4 Å². The smallest absolute Gasteiger partial charge is 0.274 e. The number of rotatable bonds is 4. The average Bonchev–Trinajstić information content (AvgIpc) is 2.66. The molecule has 0 aliphatic rings. The third kappa shape index (κ3) is 3.46. The molecule has 2 amide bonds. The summed E-state index contributed by atoms with van der Waals surface area (Å²) in [5.41, 5.74) is 1.42. The van der Waals surface area contributed by atoms with Gasteiger partial charge in [0.2, 0.25) is 5.91 Å². The zero-order chi connectivity index (χ0) is 18.7. The standard InChI is InChI=1S/C19H18N4O3/c1-20-18(25)12-7-9-13(10-8-12)21-17(24)11-16-14-5-3-4-6-15(14)19(26)23(2)22-16/h3-10H,11H2,1-2H3,(H,20,25)(H,21,24). The lowest BCUT2D eigenvalue weighted by Gasteiger charge is -2.09. The Morgan fingerprint density at radius 1 is 1.04 bits per heavy atom. The van der Waals surface area contributed by atoms with Gasteiger partial charge in [-0.1, -0.05) is 18.2 Å². The zero-order valence-electron chi connectivity index (χ0n) is 14.4. The number of carbonyl (C=O) groups excluding carboxylic acids is 2. The first-order valence-corrected chi connectivity index (χ1v) is 8.06. The van der Waals surface area contributed by atoms with Crippen LogP contribution in [0.3, 0.4) is 0 Å². The number of aromatic nitrogens is 2. The number of carbonyl (C=O) groups is 2. The Balaban J connectivity index is 1.81. The number of aryl methyl sites for hydroxylation is 1. The number of hydrogen-bond acceptors (Lipinski definition) is 4. The molecular formula is C19H18N4O3. The van der Waals surface area contributed by atoms with Gasteiger partial charge in [-0.05, 0) is 30.3 Å². The van der Waals surface area contributed by atoms with Crippen LogP contribution in [0.25, 0.3) is 10.8 Å². The normalized spacial score (nSPS) is 10.5. The number of amides is 2. The second-order valence-corrected chi connectivity index (χ2v) is 5.80. The molecule has 1 aromatic heterocycles. The summed E-state index contributed by atoms with van der Waals surface area (Å²) in [5, 5.41) is 10.7. The van der Waals surface area contributed by atoms with Crippen LogP contribution in [0.1, 0.15) is 16.1 Å². The van der Waals surface area contributed by atoms with E-state index in [1.54, 1.807) is 56.6 Å². The molecule has 7 heteroatoms. The first-order valence-electron chi connectivity index (χ1n) is 8.06. The van der Waals surface area contributed by atoms with Crippen LogP contribution in [0.5, 0.6) is 0 Å². The maximum Gasteiger partial charge on any atom is 0.274 e. The third-order valence-corrected chi connectivity index (χ3v) is 4.02. The molecule has 0 bridgehead atoms. The molecule has 0 radical (unpaired) electrons. The summed E-state index contributed by atoms with van der Waals surface area (Å²) in [7, 11) is 3.12. The molecule has 0 aliphatic heterocycles. The van der Waals surface area contributed by atoms with Gasteiger partial charge in [0.15, 0.2) is 0 Å². The molecule has 2 aromatic carbocycles. The predicted molar refractivity (Wildman–Crippen MR) is 99.1 cm³/mol. The van der Waals surface area contributed by atoms with Gasteiger partial charge in [-0.3, -0.25) is 14.4 Å². The van der Waals surface area contributed by atoms with Gasteiger partial charge >= 0.3 is 0 Å². The molecule has 1 heterocycles. The van der Waals surface area contributed by atoms with E-state index in [2.05, 4.69) is 15.7 Å². The van der Waals surface area contributed by atoms with Crippen molar-refractivity contribution in [2.45, 2.75) is 6.42 Å². The lowest BCUT2D eigenvalue weighted by molar-refractivity contribution is -0.115. The minimum atomic E-state index is -0.256. The lowest BCUT2D eigenvalue weighted by atomic mass is 10.1. The van der Waals surface area contributed by atoms with Crippen molar-refractivity contribution >= 4 is 28.3 Å². The molecule has 0 spiro atoms. The number of anilines is 1. The predicted octanol–water partition coefficient (Wildman–Crippen LogP) is 1.47. The maximum absolute atomic E-state index is 12.4. The van der Waals surface area contributed by atoms with Crippen molar-refractivity contribution in [2.75, 3.05) is 12.4 Å². The zero-order valence-corrected chi connectivity index (χ0v) is 14.4. The summed E-state index contributed by atoms with van der Waals surface area (Å²) < 4.78 is 1.24. The van der Waals surface area contributed by atoms with Gasteiger partial charge in [-0.2, -0.15) is 5.10 Å². The van der Waals surface area contributed by atoms with Gasteiger partial charge in [0.25, 0.3) is 11.5 Å². The van der Waals surface area contributed by atoms with E-state index in [1.807, 2.05) is 6.07 Å². The summed E-state index contributed by atoms with van der Waals surface area (Å²) in [4.78, 5) is 36.1. The first-order chi connectivity index (χ1) is 12.5. The van der Waals surface area contributed by atoms with Crippen LogP contribution in [0.15, 0.2) is 53.3 Å². The summed E-state index contributed by atoms with van der Waals surface area (Å²) >= 11 is 0.